The number of hydrogen-bond donors (Lipinski definition) is 3. The summed E-state index contributed by atoms with van der Waals surface area (Å²) in [7, 11) is 0. The van der Waals surface area contributed by atoms with Crippen molar-refractivity contribution in [1.82, 2.24) is 0 Å². The maximum atomic E-state index is 12.9. The molecule has 3 N–H and O–H groups in total. The molecule has 3 aliphatic rings. The second-order valence-corrected chi connectivity index (χ2v) is 10.9. The van der Waals surface area contributed by atoms with Gasteiger partial charge >= 0.3 is 6.18 Å². The number of halogens is 3. The third-order valence-corrected chi connectivity index (χ3v) is 8.50. The Labute approximate surface area is 195 Å². The first-order valence-electron chi connectivity index (χ1n) is 12.2. The Kier molecular flexibility index (Phi) is 7.72. The molecule has 0 aliphatic heterocycles. The summed E-state index contributed by atoms with van der Waals surface area (Å²) in [6, 6.07) is 0. The number of rotatable bonds is 5. The SMILES string of the molecule is C=C1/C(=C/C=C2\CCC[C@]3(C)[C@@H]([C@H](C)/C=C/C[C@@](C)(O)C(F)(F)F)CC[C@@H]23)C[C@@H](O)C[C@@H]1O. The van der Waals surface area contributed by atoms with E-state index in [1.807, 2.05) is 12.2 Å². The molecule has 3 nitrogen and oxygen atoms in total. The number of alkyl halides is 3. The van der Waals surface area contributed by atoms with E-state index >= 15 is 0 Å². The molecular weight excluding hydrogens is 429 g/mol. The zero-order chi connectivity index (χ0) is 24.6. The van der Waals surface area contributed by atoms with Crippen molar-refractivity contribution in [3.63, 3.8) is 0 Å². The van der Waals surface area contributed by atoms with Crippen molar-refractivity contribution in [3.8, 4) is 0 Å². The van der Waals surface area contributed by atoms with Gasteiger partial charge in [0, 0.05) is 12.8 Å². The molecule has 0 unspecified atom stereocenters. The van der Waals surface area contributed by atoms with E-state index in [2.05, 4.69) is 26.5 Å². The lowest BCUT2D eigenvalue weighted by Gasteiger charge is -2.44. The average Bonchev–Trinajstić information content (AvgIpc) is 3.06. The van der Waals surface area contributed by atoms with Gasteiger partial charge in [-0.2, -0.15) is 13.2 Å². The minimum Gasteiger partial charge on any atom is -0.393 e. The highest BCUT2D eigenvalue weighted by molar-refractivity contribution is 5.38. The third kappa shape index (κ3) is 5.49. The molecule has 6 heteroatoms. The summed E-state index contributed by atoms with van der Waals surface area (Å²) in [5.74, 6) is 0.929. The largest absolute Gasteiger partial charge is 0.417 e. The molecular formula is C27H39F3O3. The number of hydrogen-bond acceptors (Lipinski definition) is 3. The Bertz CT molecular complexity index is 823. The summed E-state index contributed by atoms with van der Waals surface area (Å²) >= 11 is 0. The fourth-order valence-corrected chi connectivity index (χ4v) is 6.37. The molecule has 0 spiro atoms. The molecule has 33 heavy (non-hydrogen) atoms. The summed E-state index contributed by atoms with van der Waals surface area (Å²) in [5, 5.41) is 29.8. The Morgan fingerprint density at radius 3 is 2.58 bits per heavy atom. The van der Waals surface area contributed by atoms with Gasteiger partial charge < -0.3 is 15.3 Å². The second-order valence-electron chi connectivity index (χ2n) is 10.9. The third-order valence-electron chi connectivity index (χ3n) is 8.50. The molecule has 0 aromatic rings. The summed E-state index contributed by atoms with van der Waals surface area (Å²) < 4.78 is 38.8. The zero-order valence-electron chi connectivity index (χ0n) is 20.0. The molecule has 3 rings (SSSR count). The van der Waals surface area contributed by atoms with E-state index in [1.54, 1.807) is 0 Å². The van der Waals surface area contributed by atoms with Crippen molar-refractivity contribution in [2.75, 3.05) is 0 Å². The second kappa shape index (κ2) is 9.71. The van der Waals surface area contributed by atoms with Crippen LogP contribution in [0.3, 0.4) is 0 Å². The van der Waals surface area contributed by atoms with E-state index in [1.165, 1.54) is 11.6 Å². The number of allylic oxidation sites excluding steroid dienone is 4. The van der Waals surface area contributed by atoms with Gasteiger partial charge in [0.15, 0.2) is 5.60 Å². The van der Waals surface area contributed by atoms with Crippen LogP contribution < -0.4 is 0 Å². The quantitative estimate of drug-likeness (QED) is 0.432. The minimum absolute atomic E-state index is 0.0848. The lowest BCUT2D eigenvalue weighted by atomic mass is 9.61. The normalized spacial score (nSPS) is 38.6. The van der Waals surface area contributed by atoms with Crippen LogP contribution in [0.15, 0.2) is 47.6 Å². The molecule has 0 bridgehead atoms. The van der Waals surface area contributed by atoms with Crippen LogP contribution in [0.5, 0.6) is 0 Å². The van der Waals surface area contributed by atoms with E-state index in [0.717, 1.165) is 44.6 Å². The fourth-order valence-electron chi connectivity index (χ4n) is 6.37. The van der Waals surface area contributed by atoms with Gasteiger partial charge in [-0.05, 0) is 79.8 Å². The molecule has 0 aromatic carbocycles. The van der Waals surface area contributed by atoms with Gasteiger partial charge in [0.1, 0.15) is 0 Å². The van der Waals surface area contributed by atoms with Gasteiger partial charge in [0.25, 0.3) is 0 Å². The van der Waals surface area contributed by atoms with Crippen LogP contribution in [-0.4, -0.2) is 39.3 Å². The van der Waals surface area contributed by atoms with E-state index in [9.17, 15) is 28.5 Å². The molecule has 186 valence electrons. The standard InChI is InChI=1S/C27H39F3O3/c1-17(7-5-14-26(4,33)27(28,29)30)22-11-12-23-19(8-6-13-25(22,23)3)9-10-20-15-21(31)16-24(32)18(20)2/h5,7,9-10,17,21-24,31-33H,2,6,8,11-16H2,1,3-4H3/b7-5+,19-9+,20-10+/t17-,21-,22-,23+,24+,25-,26-/m1/s1. The predicted molar refractivity (Wildman–Crippen MR) is 124 cm³/mol. The minimum atomic E-state index is -4.64. The van der Waals surface area contributed by atoms with Gasteiger partial charge in [0.05, 0.1) is 12.2 Å². The van der Waals surface area contributed by atoms with Gasteiger partial charge in [-0.25, -0.2) is 0 Å². The van der Waals surface area contributed by atoms with Crippen molar-refractivity contribution < 1.29 is 28.5 Å². The Hall–Kier alpha value is -1.37. The maximum absolute atomic E-state index is 12.9. The van der Waals surface area contributed by atoms with E-state index < -0.39 is 30.4 Å². The highest BCUT2D eigenvalue weighted by Gasteiger charge is 2.51. The highest BCUT2D eigenvalue weighted by atomic mass is 19.4. The summed E-state index contributed by atoms with van der Waals surface area (Å²) in [6.45, 7) is 9.21. The van der Waals surface area contributed by atoms with Crippen LogP contribution in [0.25, 0.3) is 0 Å². The molecule has 7 atom stereocenters. The number of aliphatic hydroxyl groups is 3. The monoisotopic (exact) mass is 468 g/mol. The van der Waals surface area contributed by atoms with E-state index in [-0.39, 0.29) is 11.3 Å². The first kappa shape index (κ1) is 26.2. The number of aliphatic hydroxyl groups excluding tert-OH is 2. The topological polar surface area (TPSA) is 60.7 Å². The van der Waals surface area contributed by atoms with Gasteiger partial charge in [0.2, 0.25) is 0 Å². The van der Waals surface area contributed by atoms with Crippen LogP contribution in [-0.2, 0) is 0 Å². The van der Waals surface area contributed by atoms with Crippen molar-refractivity contribution in [1.29, 1.82) is 0 Å². The molecule has 0 saturated heterocycles. The van der Waals surface area contributed by atoms with E-state index in [4.69, 9.17) is 0 Å². The van der Waals surface area contributed by atoms with Crippen molar-refractivity contribution in [2.45, 2.75) is 96.1 Å². The lowest BCUT2D eigenvalue weighted by molar-refractivity contribution is -0.251. The summed E-state index contributed by atoms with van der Waals surface area (Å²) in [4.78, 5) is 0. The molecule has 0 heterocycles. The van der Waals surface area contributed by atoms with Crippen LogP contribution >= 0.6 is 0 Å². The van der Waals surface area contributed by atoms with Crippen LogP contribution in [0.4, 0.5) is 13.2 Å². The van der Waals surface area contributed by atoms with Crippen molar-refractivity contribution in [3.05, 3.63) is 47.6 Å². The lowest BCUT2D eigenvalue weighted by Crippen LogP contribution is -2.41. The van der Waals surface area contributed by atoms with Crippen LogP contribution in [0.1, 0.15) is 72.1 Å². The first-order chi connectivity index (χ1) is 15.3. The van der Waals surface area contributed by atoms with Crippen molar-refractivity contribution in [2.24, 2.45) is 23.2 Å². The molecule has 3 saturated carbocycles. The molecule has 3 fully saturated rings. The highest BCUT2D eigenvalue weighted by Crippen LogP contribution is 2.59. The number of fused-ring (bicyclic) bond motifs is 1. The summed E-state index contributed by atoms with van der Waals surface area (Å²) in [5.41, 5.74) is 0.361. The van der Waals surface area contributed by atoms with Gasteiger partial charge in [-0.15, -0.1) is 0 Å². The van der Waals surface area contributed by atoms with Crippen molar-refractivity contribution >= 4 is 0 Å². The first-order valence-corrected chi connectivity index (χ1v) is 12.2. The summed E-state index contributed by atoms with van der Waals surface area (Å²) in [6.07, 6.45) is 7.32. The maximum Gasteiger partial charge on any atom is 0.417 e. The van der Waals surface area contributed by atoms with Gasteiger partial charge in [-0.1, -0.05) is 50.3 Å². The predicted octanol–water partition coefficient (Wildman–Crippen LogP) is 6.02. The Morgan fingerprint density at radius 1 is 1.21 bits per heavy atom. The Balaban J connectivity index is 1.73. The van der Waals surface area contributed by atoms with Crippen LogP contribution in [0, 0.1) is 23.2 Å². The van der Waals surface area contributed by atoms with Gasteiger partial charge in [-0.3, -0.25) is 0 Å². The average molecular weight is 469 g/mol. The van der Waals surface area contributed by atoms with Crippen LogP contribution in [0.2, 0.25) is 0 Å². The molecule has 0 radical (unpaired) electrons. The Morgan fingerprint density at radius 2 is 1.91 bits per heavy atom. The smallest absolute Gasteiger partial charge is 0.393 e. The zero-order valence-corrected chi connectivity index (χ0v) is 20.0. The van der Waals surface area contributed by atoms with E-state index in [0.29, 0.717) is 30.3 Å². The molecule has 0 aromatic heterocycles. The fraction of sp³-hybridized carbons (Fsp3) is 0.704. The molecule has 0 amide bonds. The molecule has 3 aliphatic carbocycles.